The molecule has 0 saturated heterocycles. The quantitative estimate of drug-likeness (QED) is 0.528. The molecule has 7 nitrogen and oxygen atoms in total. The first-order valence-electron chi connectivity index (χ1n) is 2.65. The fraction of sp³-hybridized carbons (Fsp3) is 0. The second-order valence-electron chi connectivity index (χ2n) is 1.63. The molecule has 0 aromatic carbocycles. The maximum absolute atomic E-state index is 10.4. The summed E-state index contributed by atoms with van der Waals surface area (Å²) in [5, 5.41) is 13.4. The van der Waals surface area contributed by atoms with Crippen LogP contribution in [0.4, 0.5) is 4.79 Å². The van der Waals surface area contributed by atoms with Crippen LogP contribution in [0.25, 0.3) is 0 Å². The monoisotopic (exact) mass is 174 g/mol. The first-order valence-corrected chi connectivity index (χ1v) is 2.65. The molecule has 0 saturated carbocycles. The molecule has 1 rings (SSSR count). The van der Waals surface area contributed by atoms with Crippen LogP contribution in [-0.2, 0) is 0 Å². The van der Waals surface area contributed by atoms with E-state index in [0.717, 1.165) is 12.1 Å². The van der Waals surface area contributed by atoms with Crippen molar-refractivity contribution in [1.82, 2.24) is 10.2 Å². The smallest absolute Gasteiger partial charge is 0.449 e. The second-order valence-corrected chi connectivity index (χ2v) is 1.63. The van der Waals surface area contributed by atoms with Crippen LogP contribution in [0.15, 0.2) is 16.9 Å². The van der Waals surface area contributed by atoms with Gasteiger partial charge in [0.2, 0.25) is 5.88 Å². The molecular weight excluding hydrogens is 168 g/mol. The van der Waals surface area contributed by atoms with Gasteiger partial charge in [-0.25, -0.2) is 9.89 Å². The van der Waals surface area contributed by atoms with E-state index in [1.54, 1.807) is 0 Å². The van der Waals surface area contributed by atoms with Gasteiger partial charge < -0.3 is 15.3 Å². The number of hydrogen-bond acceptors (Lipinski definition) is 4. The number of ether oxygens (including phenoxy) is 1. The molecule has 0 bridgehead atoms. The number of aromatic nitrogens is 2. The Morgan fingerprint density at radius 2 is 2.25 bits per heavy atom. The van der Waals surface area contributed by atoms with Crippen molar-refractivity contribution in [2.75, 3.05) is 0 Å². The minimum absolute atomic E-state index is 0. The molecule has 66 valence electrons. The van der Waals surface area contributed by atoms with Gasteiger partial charge in [0.25, 0.3) is 5.56 Å². The third-order valence-corrected chi connectivity index (χ3v) is 0.845. The first-order chi connectivity index (χ1) is 5.18. The lowest BCUT2D eigenvalue weighted by Crippen LogP contribution is -2.10. The molecule has 4 N–H and O–H groups in total. The highest BCUT2D eigenvalue weighted by Crippen LogP contribution is 1.98. The van der Waals surface area contributed by atoms with Gasteiger partial charge in [-0.05, 0) is 0 Å². The van der Waals surface area contributed by atoms with Crippen LogP contribution in [0.5, 0.6) is 5.88 Å². The Morgan fingerprint density at radius 1 is 1.58 bits per heavy atom. The SMILES string of the molecule is O.O=C(O)Oc1ccc(=O)[nH]n1. The lowest BCUT2D eigenvalue weighted by Gasteiger charge is -1.93. The Morgan fingerprint density at radius 3 is 2.67 bits per heavy atom. The molecule has 0 unspecified atom stereocenters. The Kier molecular flexibility index (Phi) is 3.44. The number of hydrogen-bond donors (Lipinski definition) is 2. The van der Waals surface area contributed by atoms with E-state index in [-0.39, 0.29) is 11.4 Å². The normalized spacial score (nSPS) is 8.33. The molecule has 0 aliphatic carbocycles. The van der Waals surface area contributed by atoms with Crippen molar-refractivity contribution >= 4 is 6.16 Å². The summed E-state index contributed by atoms with van der Waals surface area (Å²) in [6.45, 7) is 0. The van der Waals surface area contributed by atoms with Crippen molar-refractivity contribution in [2.24, 2.45) is 0 Å². The van der Waals surface area contributed by atoms with E-state index in [0.29, 0.717) is 0 Å². The van der Waals surface area contributed by atoms with Gasteiger partial charge >= 0.3 is 6.16 Å². The van der Waals surface area contributed by atoms with Gasteiger partial charge in [-0.2, -0.15) is 0 Å². The van der Waals surface area contributed by atoms with E-state index < -0.39 is 11.7 Å². The van der Waals surface area contributed by atoms with Crippen LogP contribution in [0.1, 0.15) is 0 Å². The van der Waals surface area contributed by atoms with E-state index in [1.165, 1.54) is 0 Å². The zero-order valence-corrected chi connectivity index (χ0v) is 5.77. The molecule has 0 fully saturated rings. The number of H-pyrrole nitrogens is 1. The predicted octanol–water partition coefficient (Wildman–Crippen LogP) is -0.998. The maximum Gasteiger partial charge on any atom is 0.512 e. The van der Waals surface area contributed by atoms with Gasteiger partial charge in [0, 0.05) is 12.1 Å². The highest BCUT2D eigenvalue weighted by atomic mass is 16.7. The third-order valence-electron chi connectivity index (χ3n) is 0.845. The van der Waals surface area contributed by atoms with Gasteiger partial charge in [-0.1, -0.05) is 0 Å². The first kappa shape index (κ1) is 10.1. The van der Waals surface area contributed by atoms with Crippen LogP contribution in [-0.4, -0.2) is 26.9 Å². The van der Waals surface area contributed by atoms with Crippen molar-refractivity contribution in [3.63, 3.8) is 0 Å². The fourth-order valence-corrected chi connectivity index (χ4v) is 0.478. The van der Waals surface area contributed by atoms with Crippen molar-refractivity contribution in [1.29, 1.82) is 0 Å². The zero-order chi connectivity index (χ0) is 8.27. The van der Waals surface area contributed by atoms with Gasteiger partial charge in [-0.3, -0.25) is 4.79 Å². The molecule has 0 radical (unpaired) electrons. The average Bonchev–Trinajstić information content (AvgIpc) is 1.93. The minimum atomic E-state index is -1.47. The van der Waals surface area contributed by atoms with E-state index in [4.69, 9.17) is 5.11 Å². The number of rotatable bonds is 1. The largest absolute Gasteiger partial charge is 0.512 e. The lowest BCUT2D eigenvalue weighted by atomic mass is 10.6. The molecule has 0 aliphatic heterocycles. The van der Waals surface area contributed by atoms with Crippen LogP contribution in [0.2, 0.25) is 0 Å². The summed E-state index contributed by atoms with van der Waals surface area (Å²) in [4.78, 5) is 20.3. The number of carbonyl (C=O) groups is 1. The van der Waals surface area contributed by atoms with E-state index >= 15 is 0 Å². The molecule has 12 heavy (non-hydrogen) atoms. The fourth-order valence-electron chi connectivity index (χ4n) is 0.478. The van der Waals surface area contributed by atoms with Crippen LogP contribution in [0.3, 0.4) is 0 Å². The van der Waals surface area contributed by atoms with E-state index in [1.807, 2.05) is 5.10 Å². The number of aromatic amines is 1. The van der Waals surface area contributed by atoms with E-state index in [2.05, 4.69) is 9.84 Å². The standard InChI is InChI=1S/C5H4N2O4.H2O/c8-3-1-2-4(7-6-3)11-5(9)10;/h1-2H,(H,6,8)(H,9,10);1H2. The molecule has 1 aromatic rings. The second kappa shape index (κ2) is 4.09. The Balaban J connectivity index is 0.00000121. The molecule has 1 heterocycles. The molecule has 1 aromatic heterocycles. The highest BCUT2D eigenvalue weighted by Gasteiger charge is 1.99. The van der Waals surface area contributed by atoms with Gasteiger partial charge in [0.1, 0.15) is 0 Å². The summed E-state index contributed by atoms with van der Waals surface area (Å²) in [5.41, 5.74) is -0.414. The number of carboxylic acid groups (broad SMARTS) is 1. The van der Waals surface area contributed by atoms with Crippen LogP contribution < -0.4 is 10.3 Å². The Bertz CT molecular complexity index is 299. The Labute approximate surface area is 65.9 Å². The minimum Gasteiger partial charge on any atom is -0.449 e. The van der Waals surface area contributed by atoms with Crippen molar-refractivity contribution in [3.05, 3.63) is 22.5 Å². The highest BCUT2D eigenvalue weighted by molar-refractivity contribution is 5.60. The van der Waals surface area contributed by atoms with E-state index in [9.17, 15) is 9.59 Å². The maximum atomic E-state index is 10.4. The zero-order valence-electron chi connectivity index (χ0n) is 5.77. The van der Waals surface area contributed by atoms with Gasteiger partial charge in [-0.15, -0.1) is 5.10 Å². The third kappa shape index (κ3) is 2.80. The van der Waals surface area contributed by atoms with Gasteiger partial charge in [0.15, 0.2) is 0 Å². The van der Waals surface area contributed by atoms with Crippen molar-refractivity contribution in [3.8, 4) is 5.88 Å². The van der Waals surface area contributed by atoms with Crippen LogP contribution >= 0.6 is 0 Å². The average molecular weight is 174 g/mol. The molecule has 0 aliphatic rings. The molecule has 0 spiro atoms. The number of nitrogens with zero attached hydrogens (tertiary/aromatic N) is 1. The topological polar surface area (TPSA) is 124 Å². The van der Waals surface area contributed by atoms with Gasteiger partial charge in [0.05, 0.1) is 0 Å². The van der Waals surface area contributed by atoms with Crippen molar-refractivity contribution < 1.29 is 20.1 Å². The molecule has 0 amide bonds. The van der Waals surface area contributed by atoms with Crippen LogP contribution in [0, 0.1) is 0 Å². The summed E-state index contributed by atoms with van der Waals surface area (Å²) in [6.07, 6.45) is -1.47. The summed E-state index contributed by atoms with van der Waals surface area (Å²) in [6, 6.07) is 2.28. The summed E-state index contributed by atoms with van der Waals surface area (Å²) >= 11 is 0. The molecule has 7 heteroatoms. The number of nitrogens with one attached hydrogen (secondary N) is 1. The summed E-state index contributed by atoms with van der Waals surface area (Å²) in [5.74, 6) is -0.155. The molecule has 0 atom stereocenters. The summed E-state index contributed by atoms with van der Waals surface area (Å²) < 4.78 is 4.10. The molecular formula is C5H6N2O5. The lowest BCUT2D eigenvalue weighted by molar-refractivity contribution is 0.142. The summed E-state index contributed by atoms with van der Waals surface area (Å²) in [7, 11) is 0. The van der Waals surface area contributed by atoms with Crippen molar-refractivity contribution in [2.45, 2.75) is 0 Å². The predicted molar refractivity (Wildman–Crippen MR) is 37.1 cm³/mol. The Hall–Kier alpha value is -1.89.